The van der Waals surface area contributed by atoms with Crippen molar-refractivity contribution >= 4 is 29.4 Å². The zero-order valence-electron chi connectivity index (χ0n) is 21.0. The van der Waals surface area contributed by atoms with Crippen LogP contribution >= 0.6 is 11.6 Å². The number of fused-ring (bicyclic) bond motifs is 2. The summed E-state index contributed by atoms with van der Waals surface area (Å²) in [6.07, 6.45) is 1.84. The molecule has 1 aromatic heterocycles. The van der Waals surface area contributed by atoms with E-state index in [4.69, 9.17) is 11.6 Å². The first kappa shape index (κ1) is 27.1. The normalized spacial score (nSPS) is 17.1. The molecule has 2 aliphatic heterocycles. The van der Waals surface area contributed by atoms with Gasteiger partial charge in [0, 0.05) is 36.9 Å². The summed E-state index contributed by atoms with van der Waals surface area (Å²) < 4.78 is 55.6. The van der Waals surface area contributed by atoms with Crippen molar-refractivity contribution in [1.82, 2.24) is 15.2 Å². The number of urea groups is 1. The van der Waals surface area contributed by atoms with E-state index >= 15 is 0 Å². The molecule has 39 heavy (non-hydrogen) atoms. The van der Waals surface area contributed by atoms with E-state index in [2.05, 4.69) is 15.2 Å². The van der Waals surface area contributed by atoms with Gasteiger partial charge in [-0.15, -0.1) is 0 Å². The molecular formula is C29H27ClF4N4O. The van der Waals surface area contributed by atoms with Gasteiger partial charge in [0.05, 0.1) is 5.56 Å². The average Bonchev–Trinajstić information content (AvgIpc) is 3.23. The number of benzene rings is 2. The molecule has 1 N–H and O–H groups in total. The van der Waals surface area contributed by atoms with Crippen LogP contribution in [0.4, 0.5) is 28.0 Å². The van der Waals surface area contributed by atoms with Crippen molar-refractivity contribution in [3.05, 3.63) is 100 Å². The third-order valence-corrected chi connectivity index (χ3v) is 7.67. The summed E-state index contributed by atoms with van der Waals surface area (Å²) in [6.45, 7) is 2.15. The first-order valence-corrected chi connectivity index (χ1v) is 13.0. The maximum absolute atomic E-state index is 14.2. The molecule has 0 saturated carbocycles. The van der Waals surface area contributed by atoms with Gasteiger partial charge in [0.25, 0.3) is 0 Å². The molecule has 3 aromatic rings. The Morgan fingerprint density at radius 1 is 1.10 bits per heavy atom. The van der Waals surface area contributed by atoms with E-state index in [1.165, 1.54) is 29.3 Å². The number of nitrogens with zero attached hydrogens (tertiary/aromatic N) is 3. The first-order valence-electron chi connectivity index (χ1n) is 12.7. The SMILES string of the molecule is O=C(NCc1ccnc(Cl)c1)N1CC2(CCN(CC=Cc3ccc(F)cc3)CC2)c2c1cccc2C(F)(F)F. The number of piperidine rings is 1. The molecule has 5 rings (SSSR count). The molecule has 10 heteroatoms. The highest BCUT2D eigenvalue weighted by molar-refractivity contribution is 6.29. The van der Waals surface area contributed by atoms with Crippen LogP contribution in [0.5, 0.6) is 0 Å². The molecule has 0 aliphatic carbocycles. The Balaban J connectivity index is 1.33. The van der Waals surface area contributed by atoms with Gasteiger partial charge in [-0.05, 0) is 79.0 Å². The Morgan fingerprint density at radius 3 is 2.54 bits per heavy atom. The number of nitrogens with one attached hydrogen (secondary N) is 1. The van der Waals surface area contributed by atoms with Crippen LogP contribution < -0.4 is 10.2 Å². The molecule has 0 radical (unpaired) electrons. The minimum absolute atomic E-state index is 0.174. The predicted octanol–water partition coefficient (Wildman–Crippen LogP) is 6.67. The molecule has 204 valence electrons. The zero-order chi connectivity index (χ0) is 27.6. The van der Waals surface area contributed by atoms with Crippen LogP contribution in [0.25, 0.3) is 6.08 Å². The number of pyridine rings is 1. The van der Waals surface area contributed by atoms with Gasteiger partial charge in [-0.1, -0.05) is 42.0 Å². The Labute approximate surface area is 229 Å². The van der Waals surface area contributed by atoms with Crippen molar-refractivity contribution in [3.63, 3.8) is 0 Å². The number of hydrogen-bond donors (Lipinski definition) is 1. The van der Waals surface area contributed by atoms with Crippen molar-refractivity contribution in [2.24, 2.45) is 0 Å². The number of rotatable bonds is 5. The predicted molar refractivity (Wildman–Crippen MR) is 143 cm³/mol. The van der Waals surface area contributed by atoms with E-state index in [1.54, 1.807) is 30.3 Å². The topological polar surface area (TPSA) is 48.5 Å². The summed E-state index contributed by atoms with van der Waals surface area (Å²) >= 11 is 5.93. The maximum Gasteiger partial charge on any atom is 0.416 e. The van der Waals surface area contributed by atoms with Gasteiger partial charge in [-0.25, -0.2) is 14.2 Å². The number of anilines is 1. The van der Waals surface area contributed by atoms with Crippen LogP contribution in [0.15, 0.2) is 66.9 Å². The van der Waals surface area contributed by atoms with Crippen molar-refractivity contribution in [3.8, 4) is 0 Å². The van der Waals surface area contributed by atoms with Crippen LogP contribution in [0.2, 0.25) is 5.15 Å². The third kappa shape index (κ3) is 5.94. The summed E-state index contributed by atoms with van der Waals surface area (Å²) in [5.41, 5.74) is 0.654. The van der Waals surface area contributed by atoms with Crippen molar-refractivity contribution in [2.45, 2.75) is 31.0 Å². The number of alkyl halides is 3. The first-order chi connectivity index (χ1) is 18.6. The van der Waals surface area contributed by atoms with Gasteiger partial charge in [0.2, 0.25) is 0 Å². The number of carbonyl (C=O) groups excluding carboxylic acids is 1. The second-order valence-corrected chi connectivity index (χ2v) is 10.4. The van der Waals surface area contributed by atoms with Gasteiger partial charge >= 0.3 is 12.2 Å². The number of halogens is 5. The minimum Gasteiger partial charge on any atom is -0.334 e. The summed E-state index contributed by atoms with van der Waals surface area (Å²) in [5, 5.41) is 3.11. The Hall–Kier alpha value is -3.43. The molecule has 0 bridgehead atoms. The lowest BCUT2D eigenvalue weighted by molar-refractivity contribution is -0.138. The summed E-state index contributed by atoms with van der Waals surface area (Å²) in [6, 6.07) is 13.1. The van der Waals surface area contributed by atoms with Gasteiger partial charge < -0.3 is 5.32 Å². The van der Waals surface area contributed by atoms with E-state index in [1.807, 2.05) is 12.2 Å². The second-order valence-electron chi connectivity index (χ2n) is 9.96. The molecule has 0 atom stereocenters. The summed E-state index contributed by atoms with van der Waals surface area (Å²) in [5.74, 6) is -0.298. The number of amides is 2. The average molecular weight is 559 g/mol. The van der Waals surface area contributed by atoms with Gasteiger partial charge in [-0.3, -0.25) is 9.80 Å². The molecule has 3 heterocycles. The fourth-order valence-electron chi connectivity index (χ4n) is 5.52. The molecule has 0 unspecified atom stereocenters. The van der Waals surface area contributed by atoms with E-state index < -0.39 is 23.2 Å². The lowest BCUT2D eigenvalue weighted by Gasteiger charge is -2.40. The van der Waals surface area contributed by atoms with E-state index in [-0.39, 0.29) is 24.5 Å². The van der Waals surface area contributed by atoms with E-state index in [0.717, 1.165) is 17.2 Å². The Morgan fingerprint density at radius 2 is 1.85 bits per heavy atom. The minimum atomic E-state index is -4.53. The molecule has 5 nitrogen and oxygen atoms in total. The fraction of sp³-hybridized carbons (Fsp3) is 0.310. The lowest BCUT2D eigenvalue weighted by atomic mass is 9.72. The Bertz CT molecular complexity index is 1370. The monoisotopic (exact) mass is 558 g/mol. The van der Waals surface area contributed by atoms with Crippen LogP contribution in [-0.2, 0) is 18.1 Å². The Kier molecular flexibility index (Phi) is 7.64. The number of carbonyl (C=O) groups is 1. The fourth-order valence-corrected chi connectivity index (χ4v) is 5.71. The third-order valence-electron chi connectivity index (χ3n) is 7.47. The van der Waals surface area contributed by atoms with Crippen LogP contribution in [0.1, 0.15) is 35.1 Å². The lowest BCUT2D eigenvalue weighted by Crippen LogP contribution is -2.48. The molecule has 2 amide bonds. The largest absolute Gasteiger partial charge is 0.416 e. The molecular weight excluding hydrogens is 532 g/mol. The number of hydrogen-bond acceptors (Lipinski definition) is 3. The van der Waals surface area contributed by atoms with Crippen molar-refractivity contribution in [1.29, 1.82) is 0 Å². The molecule has 1 spiro atoms. The molecule has 2 aliphatic rings. The van der Waals surface area contributed by atoms with Crippen LogP contribution in [0.3, 0.4) is 0 Å². The number of aromatic nitrogens is 1. The molecule has 2 aromatic carbocycles. The highest BCUT2D eigenvalue weighted by Crippen LogP contribution is 2.51. The van der Waals surface area contributed by atoms with Crippen LogP contribution in [0, 0.1) is 5.82 Å². The van der Waals surface area contributed by atoms with Crippen molar-refractivity contribution in [2.75, 3.05) is 31.1 Å². The zero-order valence-corrected chi connectivity index (χ0v) is 21.8. The summed E-state index contributed by atoms with van der Waals surface area (Å²) in [7, 11) is 0. The molecule has 1 fully saturated rings. The quantitative estimate of drug-likeness (QED) is 0.281. The highest BCUT2D eigenvalue weighted by atomic mass is 35.5. The highest BCUT2D eigenvalue weighted by Gasteiger charge is 2.51. The van der Waals surface area contributed by atoms with E-state index in [0.29, 0.717) is 43.3 Å². The van der Waals surface area contributed by atoms with Crippen LogP contribution in [-0.4, -0.2) is 42.1 Å². The molecule has 1 saturated heterocycles. The van der Waals surface area contributed by atoms with Gasteiger partial charge in [-0.2, -0.15) is 13.2 Å². The van der Waals surface area contributed by atoms with E-state index in [9.17, 15) is 22.4 Å². The number of likely N-dealkylation sites (tertiary alicyclic amines) is 1. The summed E-state index contributed by atoms with van der Waals surface area (Å²) in [4.78, 5) is 20.8. The van der Waals surface area contributed by atoms with Crippen molar-refractivity contribution < 1.29 is 22.4 Å². The van der Waals surface area contributed by atoms with Gasteiger partial charge in [0.15, 0.2) is 0 Å². The second kappa shape index (κ2) is 11.0. The maximum atomic E-state index is 14.2. The van der Waals surface area contributed by atoms with Gasteiger partial charge in [0.1, 0.15) is 11.0 Å². The smallest absolute Gasteiger partial charge is 0.334 e. The standard InChI is InChI=1S/C29H27ClF4N4O/c30-25-17-21(10-13-35-25)18-36-27(39)38-19-28(26-23(29(32,33)34)4-1-5-24(26)38)11-15-37(16-12-28)14-2-3-20-6-8-22(31)9-7-20/h1-10,13,17H,11-12,14-16,18-19H2,(H,36,39).